The van der Waals surface area contributed by atoms with Gasteiger partial charge in [0.2, 0.25) is 0 Å². The Labute approximate surface area is 130 Å². The number of rotatable bonds is 5. The molecule has 0 aromatic carbocycles. The van der Waals surface area contributed by atoms with Crippen LogP contribution < -0.4 is 4.90 Å². The number of anilines is 1. The van der Waals surface area contributed by atoms with Crippen molar-refractivity contribution >= 4 is 17.4 Å². The summed E-state index contributed by atoms with van der Waals surface area (Å²) in [5, 5.41) is 0.581. The summed E-state index contributed by atoms with van der Waals surface area (Å²) >= 11 is 6.27. The lowest BCUT2D eigenvalue weighted by molar-refractivity contribution is 0.825. The smallest absolute Gasteiger partial charge is 0.137 e. The molecule has 0 bridgehead atoms. The second-order valence-corrected chi connectivity index (χ2v) is 5.98. The Morgan fingerprint density at radius 3 is 2.62 bits per heavy atom. The van der Waals surface area contributed by atoms with E-state index in [9.17, 15) is 0 Å². The van der Waals surface area contributed by atoms with Crippen LogP contribution >= 0.6 is 11.6 Å². The topological polar surface area (TPSA) is 41.9 Å². The van der Waals surface area contributed by atoms with E-state index in [0.29, 0.717) is 11.1 Å². The molecule has 1 aliphatic carbocycles. The summed E-state index contributed by atoms with van der Waals surface area (Å²) in [7, 11) is 2.06. The van der Waals surface area contributed by atoms with Crippen LogP contribution in [-0.4, -0.2) is 28.5 Å². The fraction of sp³-hybridized carbons (Fsp3) is 0.438. The molecular weight excluding hydrogens is 284 g/mol. The van der Waals surface area contributed by atoms with Crippen LogP contribution in [0.1, 0.15) is 35.7 Å². The largest absolute Gasteiger partial charge is 0.359 e. The predicted octanol–water partition coefficient (Wildman–Crippen LogP) is 3.39. The van der Waals surface area contributed by atoms with E-state index in [0.717, 1.165) is 30.2 Å². The van der Waals surface area contributed by atoms with Gasteiger partial charge in [0.1, 0.15) is 16.8 Å². The van der Waals surface area contributed by atoms with Crippen molar-refractivity contribution < 1.29 is 0 Å². The number of aromatic nitrogens is 3. The van der Waals surface area contributed by atoms with Crippen molar-refractivity contribution in [3.05, 3.63) is 46.6 Å². The first kappa shape index (κ1) is 14.3. The highest BCUT2D eigenvalue weighted by molar-refractivity contribution is 6.30. The number of nitrogens with zero attached hydrogens (tertiary/aromatic N) is 4. The van der Waals surface area contributed by atoms with Gasteiger partial charge in [-0.3, -0.25) is 4.98 Å². The van der Waals surface area contributed by atoms with Gasteiger partial charge in [-0.05, 0) is 43.9 Å². The van der Waals surface area contributed by atoms with Gasteiger partial charge in [-0.25, -0.2) is 9.97 Å². The zero-order chi connectivity index (χ0) is 14.8. The Morgan fingerprint density at radius 2 is 1.95 bits per heavy atom. The van der Waals surface area contributed by atoms with Crippen LogP contribution in [0.4, 0.5) is 5.82 Å². The summed E-state index contributed by atoms with van der Waals surface area (Å²) in [5.74, 6) is 2.36. The SMILES string of the molecule is Cc1c(Cl)nc(C2CC2)nc1N(C)CCc1ccncc1. The molecule has 1 aliphatic rings. The minimum absolute atomic E-state index is 0.510. The monoisotopic (exact) mass is 302 g/mol. The van der Waals surface area contributed by atoms with E-state index in [1.807, 2.05) is 31.5 Å². The van der Waals surface area contributed by atoms with Crippen LogP contribution in [0.15, 0.2) is 24.5 Å². The average Bonchev–Trinajstić information content (AvgIpc) is 3.33. The molecule has 5 heteroatoms. The van der Waals surface area contributed by atoms with Crippen molar-refractivity contribution in [3.8, 4) is 0 Å². The van der Waals surface area contributed by atoms with Gasteiger partial charge < -0.3 is 4.90 Å². The molecule has 0 amide bonds. The third-order valence-electron chi connectivity index (χ3n) is 3.87. The summed E-state index contributed by atoms with van der Waals surface area (Å²) < 4.78 is 0. The molecule has 3 rings (SSSR count). The number of likely N-dealkylation sites (N-methyl/N-ethyl adjacent to an activating group) is 1. The van der Waals surface area contributed by atoms with Crippen LogP contribution in [0.5, 0.6) is 0 Å². The number of hydrogen-bond donors (Lipinski definition) is 0. The maximum absolute atomic E-state index is 6.27. The maximum Gasteiger partial charge on any atom is 0.137 e. The van der Waals surface area contributed by atoms with Gasteiger partial charge in [-0.15, -0.1) is 0 Å². The Bertz CT molecular complexity index is 626. The molecule has 2 aromatic rings. The number of pyridine rings is 1. The van der Waals surface area contributed by atoms with Gasteiger partial charge in [0.05, 0.1) is 0 Å². The molecule has 0 radical (unpaired) electrons. The van der Waals surface area contributed by atoms with Crippen LogP contribution in [-0.2, 0) is 6.42 Å². The van der Waals surface area contributed by atoms with E-state index in [4.69, 9.17) is 16.6 Å². The minimum atomic E-state index is 0.510. The number of halogens is 1. The lowest BCUT2D eigenvalue weighted by Gasteiger charge is -2.21. The molecule has 110 valence electrons. The number of hydrogen-bond acceptors (Lipinski definition) is 4. The predicted molar refractivity (Wildman–Crippen MR) is 85.0 cm³/mol. The van der Waals surface area contributed by atoms with Gasteiger partial charge >= 0.3 is 0 Å². The molecule has 1 saturated carbocycles. The lowest BCUT2D eigenvalue weighted by Crippen LogP contribution is -2.23. The van der Waals surface area contributed by atoms with Gasteiger partial charge in [0.25, 0.3) is 0 Å². The summed E-state index contributed by atoms with van der Waals surface area (Å²) in [5.41, 5.74) is 2.23. The molecule has 2 aromatic heterocycles. The van der Waals surface area contributed by atoms with Gasteiger partial charge in [0, 0.05) is 37.5 Å². The van der Waals surface area contributed by atoms with Crippen molar-refractivity contribution in [2.45, 2.75) is 32.1 Å². The van der Waals surface area contributed by atoms with Crippen LogP contribution in [0.25, 0.3) is 0 Å². The Kier molecular flexibility index (Phi) is 4.06. The summed E-state index contributed by atoms with van der Waals surface area (Å²) in [6.07, 6.45) is 6.97. The maximum atomic E-state index is 6.27. The van der Waals surface area contributed by atoms with Crippen molar-refractivity contribution in [1.29, 1.82) is 0 Å². The van der Waals surface area contributed by atoms with E-state index in [1.165, 1.54) is 18.4 Å². The first-order chi connectivity index (χ1) is 10.1. The second-order valence-electron chi connectivity index (χ2n) is 5.62. The molecule has 0 unspecified atom stereocenters. The standard InChI is InChI=1S/C16H19ClN4/c1-11-14(17)19-15(13-3-4-13)20-16(11)21(2)10-7-12-5-8-18-9-6-12/h5-6,8-9,13H,3-4,7,10H2,1-2H3. The molecule has 4 nitrogen and oxygen atoms in total. The fourth-order valence-corrected chi connectivity index (χ4v) is 2.51. The zero-order valence-corrected chi connectivity index (χ0v) is 13.1. The van der Waals surface area contributed by atoms with E-state index >= 15 is 0 Å². The molecular formula is C16H19ClN4. The van der Waals surface area contributed by atoms with E-state index in [2.05, 4.69) is 21.9 Å². The molecule has 2 heterocycles. The first-order valence-electron chi connectivity index (χ1n) is 7.29. The highest BCUT2D eigenvalue weighted by Gasteiger charge is 2.28. The first-order valence-corrected chi connectivity index (χ1v) is 7.67. The third-order valence-corrected chi connectivity index (χ3v) is 4.24. The van der Waals surface area contributed by atoms with Crippen molar-refractivity contribution in [2.75, 3.05) is 18.5 Å². The van der Waals surface area contributed by atoms with Gasteiger partial charge in [0.15, 0.2) is 0 Å². The van der Waals surface area contributed by atoms with E-state index < -0.39 is 0 Å². The molecule has 1 fully saturated rings. The molecule has 0 N–H and O–H groups in total. The average molecular weight is 303 g/mol. The summed E-state index contributed by atoms with van der Waals surface area (Å²) in [4.78, 5) is 15.3. The van der Waals surface area contributed by atoms with Crippen molar-refractivity contribution in [1.82, 2.24) is 15.0 Å². The van der Waals surface area contributed by atoms with Crippen LogP contribution in [0.3, 0.4) is 0 Å². The van der Waals surface area contributed by atoms with Crippen molar-refractivity contribution in [2.24, 2.45) is 0 Å². The fourth-order valence-electron chi connectivity index (χ4n) is 2.34. The highest BCUT2D eigenvalue weighted by Crippen LogP contribution is 2.39. The molecule has 21 heavy (non-hydrogen) atoms. The van der Waals surface area contributed by atoms with Gasteiger partial charge in [-0.1, -0.05) is 11.6 Å². The summed E-state index contributed by atoms with van der Waals surface area (Å²) in [6, 6.07) is 4.09. The molecule has 0 spiro atoms. The van der Waals surface area contributed by atoms with Crippen molar-refractivity contribution in [3.63, 3.8) is 0 Å². The second kappa shape index (κ2) is 5.98. The molecule has 0 atom stereocenters. The quantitative estimate of drug-likeness (QED) is 0.794. The molecule has 0 aliphatic heterocycles. The normalized spacial score (nSPS) is 14.2. The Hall–Kier alpha value is -1.68. The zero-order valence-electron chi connectivity index (χ0n) is 12.4. The minimum Gasteiger partial charge on any atom is -0.359 e. The van der Waals surface area contributed by atoms with E-state index in [1.54, 1.807) is 0 Å². The summed E-state index contributed by atoms with van der Waals surface area (Å²) in [6.45, 7) is 2.87. The third kappa shape index (κ3) is 3.32. The Balaban J connectivity index is 1.75. The van der Waals surface area contributed by atoms with Crippen LogP contribution in [0.2, 0.25) is 5.15 Å². The Morgan fingerprint density at radius 1 is 1.24 bits per heavy atom. The van der Waals surface area contributed by atoms with Gasteiger partial charge in [-0.2, -0.15) is 0 Å². The van der Waals surface area contributed by atoms with Crippen LogP contribution in [0, 0.1) is 6.92 Å². The lowest BCUT2D eigenvalue weighted by atomic mass is 10.2. The molecule has 0 saturated heterocycles. The van der Waals surface area contributed by atoms with E-state index in [-0.39, 0.29) is 0 Å². The highest BCUT2D eigenvalue weighted by atomic mass is 35.5.